The first kappa shape index (κ1) is 25.2. The number of methoxy groups -OCH3 is 2. The van der Waals surface area contributed by atoms with Crippen LogP contribution in [0.1, 0.15) is 19.4 Å². The van der Waals surface area contributed by atoms with Gasteiger partial charge in [-0.1, -0.05) is 24.0 Å². The van der Waals surface area contributed by atoms with E-state index < -0.39 is 21.9 Å². The lowest BCUT2D eigenvalue weighted by molar-refractivity contribution is -0.384. The lowest BCUT2D eigenvalue weighted by Crippen LogP contribution is -2.54. The molecule has 1 aliphatic heterocycles. The van der Waals surface area contributed by atoms with Crippen LogP contribution in [0.4, 0.5) is 16.2 Å². The summed E-state index contributed by atoms with van der Waals surface area (Å²) in [5, 5.41) is 30.4. The molecule has 2 amide bonds. The molecular formula is C21H23N5O6S2. The number of nitrogens with one attached hydrogen (secondary N) is 1. The van der Waals surface area contributed by atoms with E-state index in [9.17, 15) is 20.1 Å². The molecule has 1 heterocycles. The van der Waals surface area contributed by atoms with Crippen LogP contribution < -0.4 is 14.8 Å². The van der Waals surface area contributed by atoms with Crippen LogP contribution in [0.15, 0.2) is 47.6 Å². The van der Waals surface area contributed by atoms with E-state index in [1.807, 2.05) is 13.8 Å². The zero-order chi connectivity index (χ0) is 25.0. The number of anilines is 1. The molecule has 2 aromatic carbocycles. The third-order valence-electron chi connectivity index (χ3n) is 4.90. The van der Waals surface area contributed by atoms with E-state index in [0.29, 0.717) is 26.4 Å². The largest absolute Gasteiger partial charge is 0.493 e. The summed E-state index contributed by atoms with van der Waals surface area (Å²) < 4.78 is 10.2. The summed E-state index contributed by atoms with van der Waals surface area (Å²) in [6.45, 7) is 3.64. The molecular weight excluding hydrogens is 482 g/mol. The fourth-order valence-electron chi connectivity index (χ4n) is 3.25. The molecule has 0 bridgehead atoms. The van der Waals surface area contributed by atoms with E-state index in [0.717, 1.165) is 0 Å². The van der Waals surface area contributed by atoms with E-state index in [2.05, 4.69) is 10.4 Å². The molecule has 2 N–H and O–H groups in total. The molecule has 0 saturated carbocycles. The molecule has 34 heavy (non-hydrogen) atoms. The number of non-ortho nitro benzene ring substituents is 1. The molecule has 3 rings (SSSR count). The number of nitrogens with zero attached hydrogens (tertiary/aromatic N) is 4. The van der Waals surface area contributed by atoms with Gasteiger partial charge < -0.3 is 14.8 Å². The van der Waals surface area contributed by atoms with Gasteiger partial charge in [-0.05, 0) is 49.7 Å². The number of urea groups is 1. The van der Waals surface area contributed by atoms with Crippen molar-refractivity contribution in [2.24, 2.45) is 5.10 Å². The van der Waals surface area contributed by atoms with Gasteiger partial charge in [0.15, 0.2) is 22.0 Å². The second-order valence-corrected chi connectivity index (χ2v) is 9.92. The van der Waals surface area contributed by atoms with Crippen LogP contribution >= 0.6 is 24.0 Å². The molecule has 0 unspecified atom stereocenters. The average molecular weight is 506 g/mol. The van der Waals surface area contributed by atoms with Crippen molar-refractivity contribution in [3.8, 4) is 11.5 Å². The van der Waals surface area contributed by atoms with Crippen molar-refractivity contribution in [1.82, 2.24) is 10.1 Å². The fraction of sp³-hybridized carbons (Fsp3) is 0.286. The Morgan fingerprint density at radius 1 is 1.26 bits per heavy atom. The summed E-state index contributed by atoms with van der Waals surface area (Å²) in [7, 11) is 3.06. The van der Waals surface area contributed by atoms with Gasteiger partial charge in [0.05, 0.1) is 30.1 Å². The van der Waals surface area contributed by atoms with Crippen molar-refractivity contribution in [2.45, 2.75) is 24.8 Å². The third kappa shape index (κ3) is 5.38. The number of hydrazone groups is 1. The van der Waals surface area contributed by atoms with Gasteiger partial charge in [0, 0.05) is 17.8 Å². The summed E-state index contributed by atoms with van der Waals surface area (Å²) >= 11 is 6.73. The summed E-state index contributed by atoms with van der Waals surface area (Å²) in [6.07, 6.45) is 0.602. The maximum atomic E-state index is 12.8. The number of nitro benzene ring substituents is 1. The normalized spacial score (nSPS) is 17.0. The van der Waals surface area contributed by atoms with Gasteiger partial charge >= 0.3 is 6.03 Å². The molecule has 0 radical (unpaired) electrons. The first-order valence-corrected chi connectivity index (χ1v) is 11.1. The van der Waals surface area contributed by atoms with E-state index >= 15 is 0 Å². The predicted molar refractivity (Wildman–Crippen MR) is 133 cm³/mol. The standard InChI is InChI=1S/C21H23N5O6S2/c1-21(2)18(25(28)19(27)23-14-6-8-15(9-7-14)26(29)30)24(20(33)34-21)22-12-13-5-10-16(31-3)17(11-13)32-4/h5-12,18,28H,1-4H3,(H,23,27)/b22-12-/t18-/m0/s1. The van der Waals surface area contributed by atoms with Gasteiger partial charge in [-0.2, -0.15) is 10.2 Å². The Labute approximate surface area is 205 Å². The lowest BCUT2D eigenvalue weighted by Gasteiger charge is -2.34. The second-order valence-electron chi connectivity index (χ2n) is 7.63. The van der Waals surface area contributed by atoms with Gasteiger partial charge in [-0.25, -0.2) is 9.80 Å². The van der Waals surface area contributed by atoms with Crippen LogP contribution in [0.25, 0.3) is 0 Å². The van der Waals surface area contributed by atoms with Gasteiger partial charge in [-0.15, -0.1) is 0 Å². The number of carbonyl (C=O) groups excluding carboxylic acids is 1. The van der Waals surface area contributed by atoms with E-state index in [1.54, 1.807) is 18.2 Å². The maximum absolute atomic E-state index is 12.8. The molecule has 1 aliphatic rings. The minimum Gasteiger partial charge on any atom is -0.493 e. The first-order valence-electron chi connectivity index (χ1n) is 9.89. The van der Waals surface area contributed by atoms with Crippen molar-refractivity contribution in [2.75, 3.05) is 19.5 Å². The Balaban J connectivity index is 1.81. The van der Waals surface area contributed by atoms with Crippen LogP contribution in [0, 0.1) is 10.1 Å². The number of rotatable bonds is 7. The van der Waals surface area contributed by atoms with E-state index in [-0.39, 0.29) is 11.4 Å². The number of hydrogen-bond acceptors (Lipinski definition) is 9. The van der Waals surface area contributed by atoms with Gasteiger partial charge in [0.1, 0.15) is 0 Å². The Bertz CT molecular complexity index is 1130. The highest BCUT2D eigenvalue weighted by molar-refractivity contribution is 8.24. The highest BCUT2D eigenvalue weighted by Crippen LogP contribution is 2.42. The van der Waals surface area contributed by atoms with E-state index in [4.69, 9.17) is 21.7 Å². The molecule has 2 aromatic rings. The number of benzene rings is 2. The molecule has 180 valence electrons. The first-order chi connectivity index (χ1) is 16.1. The number of nitro groups is 1. The topological polar surface area (TPSA) is 130 Å². The summed E-state index contributed by atoms with van der Waals surface area (Å²) in [6, 6.07) is 9.63. The molecule has 11 nitrogen and oxygen atoms in total. The smallest absolute Gasteiger partial charge is 0.347 e. The number of thioether (sulfide) groups is 1. The molecule has 1 atom stereocenters. The van der Waals surface area contributed by atoms with Crippen LogP contribution in [-0.4, -0.2) is 61.9 Å². The van der Waals surface area contributed by atoms with Crippen molar-refractivity contribution >= 4 is 51.9 Å². The Hall–Kier alpha value is -3.42. The molecule has 0 aromatic heterocycles. The van der Waals surface area contributed by atoms with Crippen molar-refractivity contribution < 1.29 is 24.4 Å². The molecule has 0 spiro atoms. The van der Waals surface area contributed by atoms with Crippen LogP contribution in [0.2, 0.25) is 0 Å². The number of hydrogen-bond donors (Lipinski definition) is 2. The maximum Gasteiger partial charge on any atom is 0.347 e. The molecule has 1 saturated heterocycles. The molecule has 13 heteroatoms. The zero-order valence-electron chi connectivity index (χ0n) is 18.8. The number of hydroxylamine groups is 2. The summed E-state index contributed by atoms with van der Waals surface area (Å²) in [5.41, 5.74) is 0.850. The number of thiocarbonyl (C=S) groups is 1. The highest BCUT2D eigenvalue weighted by atomic mass is 32.2. The van der Waals surface area contributed by atoms with Gasteiger partial charge in [0.2, 0.25) is 0 Å². The molecule has 0 aliphatic carbocycles. The van der Waals surface area contributed by atoms with Crippen molar-refractivity contribution in [3.05, 3.63) is 58.1 Å². The van der Waals surface area contributed by atoms with Gasteiger partial charge in [-0.3, -0.25) is 15.3 Å². The van der Waals surface area contributed by atoms with Crippen molar-refractivity contribution in [1.29, 1.82) is 0 Å². The Morgan fingerprint density at radius 2 is 1.91 bits per heavy atom. The van der Waals surface area contributed by atoms with Gasteiger partial charge in [0.25, 0.3) is 5.69 Å². The van der Waals surface area contributed by atoms with E-state index in [1.165, 1.54) is 61.5 Å². The predicted octanol–water partition coefficient (Wildman–Crippen LogP) is 4.31. The third-order valence-corrected chi connectivity index (χ3v) is 6.43. The summed E-state index contributed by atoms with van der Waals surface area (Å²) in [4.78, 5) is 23.0. The lowest BCUT2D eigenvalue weighted by atomic mass is 10.1. The number of amides is 2. The Morgan fingerprint density at radius 3 is 2.50 bits per heavy atom. The monoisotopic (exact) mass is 505 g/mol. The minimum absolute atomic E-state index is 0.117. The minimum atomic E-state index is -0.931. The second kappa shape index (κ2) is 10.2. The quantitative estimate of drug-likeness (QED) is 0.186. The Kier molecular flexibility index (Phi) is 7.59. The number of carbonyl (C=O) groups is 1. The zero-order valence-corrected chi connectivity index (χ0v) is 20.4. The SMILES string of the molecule is COc1ccc(/C=N\N2C(=S)SC(C)(C)[C@@H]2N(O)C(=O)Nc2ccc([N+](=O)[O-])cc2)cc1OC. The molecule has 1 fully saturated rings. The average Bonchev–Trinajstić information content (AvgIpc) is 3.04. The fourth-order valence-corrected chi connectivity index (χ4v) is 5.03. The van der Waals surface area contributed by atoms with Crippen LogP contribution in [0.3, 0.4) is 0 Å². The van der Waals surface area contributed by atoms with Crippen LogP contribution in [0.5, 0.6) is 11.5 Å². The van der Waals surface area contributed by atoms with Crippen molar-refractivity contribution in [3.63, 3.8) is 0 Å². The highest BCUT2D eigenvalue weighted by Gasteiger charge is 2.50. The van der Waals surface area contributed by atoms with Crippen LogP contribution in [-0.2, 0) is 0 Å². The summed E-state index contributed by atoms with van der Waals surface area (Å²) in [5.74, 6) is 1.09. The number of ether oxygens (including phenoxy) is 2.